The zero-order chi connectivity index (χ0) is 11.9. The fraction of sp³-hybridized carbons (Fsp3) is 0.0588. The summed E-state index contributed by atoms with van der Waals surface area (Å²) in [6.45, 7) is 2.08. The molecule has 3 rings (SSSR count). The summed E-state index contributed by atoms with van der Waals surface area (Å²) in [4.78, 5) is 0. The van der Waals surface area contributed by atoms with E-state index in [1.807, 2.05) is 18.2 Å². The summed E-state index contributed by atoms with van der Waals surface area (Å²) in [5.41, 5.74) is 1.32. The van der Waals surface area contributed by atoms with Gasteiger partial charge in [0.25, 0.3) is 0 Å². The second kappa shape index (κ2) is 5.86. The van der Waals surface area contributed by atoms with Gasteiger partial charge >= 0.3 is 0 Å². The quantitative estimate of drug-likeness (QED) is 0.509. The van der Waals surface area contributed by atoms with Crippen molar-refractivity contribution in [2.75, 3.05) is 0 Å². The minimum absolute atomic E-state index is 1.31. The predicted octanol–water partition coefficient (Wildman–Crippen LogP) is 4.83. The Kier molecular flexibility index (Phi) is 3.93. The SMILES string of the molecule is Cc1ccccc1.c1ccc2ccccc2c1. The molecule has 0 amide bonds. The molecule has 3 aromatic carbocycles. The third-order valence-corrected chi connectivity index (χ3v) is 2.60. The summed E-state index contributed by atoms with van der Waals surface area (Å²) in [6, 6.07) is 27.0. The van der Waals surface area contributed by atoms with Crippen LogP contribution in [0.2, 0.25) is 0 Å². The van der Waals surface area contributed by atoms with Crippen LogP contribution < -0.4 is 0 Å². The highest BCUT2D eigenvalue weighted by Crippen LogP contribution is 2.11. The molecule has 0 saturated carbocycles. The lowest BCUT2D eigenvalue weighted by Crippen LogP contribution is -1.67. The lowest BCUT2D eigenvalue weighted by molar-refractivity contribution is 1.48. The normalized spacial score (nSPS) is 9.47. The van der Waals surface area contributed by atoms with Gasteiger partial charge in [-0.05, 0) is 17.7 Å². The molecule has 0 nitrogen and oxygen atoms in total. The van der Waals surface area contributed by atoms with Gasteiger partial charge in [0.15, 0.2) is 0 Å². The molecule has 3 aromatic rings. The third kappa shape index (κ3) is 3.46. The second-order valence-electron chi connectivity index (χ2n) is 4.00. The van der Waals surface area contributed by atoms with E-state index < -0.39 is 0 Å². The average molecular weight is 220 g/mol. The van der Waals surface area contributed by atoms with Gasteiger partial charge < -0.3 is 0 Å². The molecule has 0 heterocycles. The van der Waals surface area contributed by atoms with Gasteiger partial charge in [-0.2, -0.15) is 0 Å². The Balaban J connectivity index is 0.000000136. The summed E-state index contributed by atoms with van der Waals surface area (Å²) in [6.07, 6.45) is 0. The predicted molar refractivity (Wildman–Crippen MR) is 75.1 cm³/mol. The van der Waals surface area contributed by atoms with E-state index in [0.717, 1.165) is 0 Å². The van der Waals surface area contributed by atoms with Crippen LogP contribution in [0.15, 0.2) is 78.9 Å². The maximum absolute atomic E-state index is 2.12. The van der Waals surface area contributed by atoms with Crippen LogP contribution >= 0.6 is 0 Å². The van der Waals surface area contributed by atoms with E-state index in [0.29, 0.717) is 0 Å². The molecule has 0 saturated heterocycles. The molecule has 0 radical (unpaired) electrons. The van der Waals surface area contributed by atoms with Gasteiger partial charge in [0.05, 0.1) is 0 Å². The molecule has 0 aromatic heterocycles. The van der Waals surface area contributed by atoms with Crippen molar-refractivity contribution in [1.82, 2.24) is 0 Å². The Bertz CT molecular complexity index is 502. The number of benzene rings is 3. The van der Waals surface area contributed by atoms with Crippen LogP contribution in [0.25, 0.3) is 10.8 Å². The van der Waals surface area contributed by atoms with Crippen LogP contribution in [0.5, 0.6) is 0 Å². The van der Waals surface area contributed by atoms with E-state index in [4.69, 9.17) is 0 Å². The first kappa shape index (κ1) is 11.4. The highest BCUT2D eigenvalue weighted by molar-refractivity contribution is 5.81. The van der Waals surface area contributed by atoms with Crippen LogP contribution in [0, 0.1) is 6.92 Å². The molecular weight excluding hydrogens is 204 g/mol. The van der Waals surface area contributed by atoms with Crippen molar-refractivity contribution in [1.29, 1.82) is 0 Å². The van der Waals surface area contributed by atoms with Gasteiger partial charge in [0.2, 0.25) is 0 Å². The maximum atomic E-state index is 2.12. The standard InChI is InChI=1S/C10H8.C7H8/c1-2-6-10-8-4-3-7-9(10)5-1;1-7-5-3-2-4-6-7/h1-8H;2-6H,1H3. The molecule has 17 heavy (non-hydrogen) atoms. The van der Waals surface area contributed by atoms with Crippen molar-refractivity contribution in [3.8, 4) is 0 Å². The summed E-state index contributed by atoms with van der Waals surface area (Å²) in [5.74, 6) is 0. The Morgan fingerprint density at radius 1 is 0.471 bits per heavy atom. The number of aryl methyl sites for hydroxylation is 1. The molecule has 0 aliphatic rings. The van der Waals surface area contributed by atoms with Gasteiger partial charge in [-0.3, -0.25) is 0 Å². The first-order valence-electron chi connectivity index (χ1n) is 5.82. The van der Waals surface area contributed by atoms with Crippen molar-refractivity contribution in [3.63, 3.8) is 0 Å². The van der Waals surface area contributed by atoms with Crippen LogP contribution in [0.4, 0.5) is 0 Å². The zero-order valence-electron chi connectivity index (χ0n) is 10.0. The number of fused-ring (bicyclic) bond motifs is 1. The van der Waals surface area contributed by atoms with Crippen molar-refractivity contribution in [3.05, 3.63) is 84.4 Å². The monoisotopic (exact) mass is 220 g/mol. The number of hydrogen-bond acceptors (Lipinski definition) is 0. The molecule has 0 fully saturated rings. The van der Waals surface area contributed by atoms with E-state index >= 15 is 0 Å². The molecule has 0 aliphatic heterocycles. The van der Waals surface area contributed by atoms with Crippen molar-refractivity contribution >= 4 is 10.8 Å². The fourth-order valence-corrected chi connectivity index (χ4v) is 1.67. The largest absolute Gasteiger partial charge is 0.0622 e. The van der Waals surface area contributed by atoms with E-state index in [1.54, 1.807) is 0 Å². The molecule has 0 atom stereocenters. The van der Waals surface area contributed by atoms with E-state index in [-0.39, 0.29) is 0 Å². The maximum Gasteiger partial charge on any atom is -0.0184 e. The Hall–Kier alpha value is -2.08. The molecular formula is C17H16. The minimum atomic E-state index is 1.31. The number of hydrogen-bond donors (Lipinski definition) is 0. The lowest BCUT2D eigenvalue weighted by Gasteiger charge is -1.92. The summed E-state index contributed by atoms with van der Waals surface area (Å²) >= 11 is 0. The average Bonchev–Trinajstić information content (AvgIpc) is 2.41. The lowest BCUT2D eigenvalue weighted by atomic mass is 10.1. The molecule has 0 unspecified atom stereocenters. The summed E-state index contributed by atoms with van der Waals surface area (Å²) < 4.78 is 0. The topological polar surface area (TPSA) is 0 Å². The first-order valence-corrected chi connectivity index (χ1v) is 5.82. The number of rotatable bonds is 0. The van der Waals surface area contributed by atoms with Crippen molar-refractivity contribution in [2.45, 2.75) is 6.92 Å². The Morgan fingerprint density at radius 3 is 1.12 bits per heavy atom. The summed E-state index contributed by atoms with van der Waals surface area (Å²) in [5, 5.41) is 2.62. The van der Waals surface area contributed by atoms with E-state index in [9.17, 15) is 0 Å². The van der Waals surface area contributed by atoms with Crippen LogP contribution in [0.1, 0.15) is 5.56 Å². The molecule has 0 bridgehead atoms. The highest BCUT2D eigenvalue weighted by Gasteiger charge is 1.85. The van der Waals surface area contributed by atoms with E-state index in [2.05, 4.69) is 67.6 Å². The minimum Gasteiger partial charge on any atom is -0.0622 e. The Morgan fingerprint density at radius 2 is 0.824 bits per heavy atom. The zero-order valence-corrected chi connectivity index (χ0v) is 10.0. The van der Waals surface area contributed by atoms with Crippen molar-refractivity contribution in [2.24, 2.45) is 0 Å². The van der Waals surface area contributed by atoms with Gasteiger partial charge in [-0.25, -0.2) is 0 Å². The van der Waals surface area contributed by atoms with Gasteiger partial charge in [-0.1, -0.05) is 84.4 Å². The molecule has 0 heteroatoms. The highest BCUT2D eigenvalue weighted by atomic mass is 13.9. The molecule has 84 valence electrons. The first-order chi connectivity index (χ1) is 8.36. The van der Waals surface area contributed by atoms with Crippen LogP contribution in [0.3, 0.4) is 0 Å². The third-order valence-electron chi connectivity index (χ3n) is 2.60. The van der Waals surface area contributed by atoms with Crippen molar-refractivity contribution < 1.29 is 0 Å². The van der Waals surface area contributed by atoms with Gasteiger partial charge in [0, 0.05) is 0 Å². The fourth-order valence-electron chi connectivity index (χ4n) is 1.67. The van der Waals surface area contributed by atoms with Crippen LogP contribution in [-0.2, 0) is 0 Å². The van der Waals surface area contributed by atoms with Gasteiger partial charge in [-0.15, -0.1) is 0 Å². The second-order valence-corrected chi connectivity index (χ2v) is 4.00. The van der Waals surface area contributed by atoms with Gasteiger partial charge in [0.1, 0.15) is 0 Å². The Labute approximate surface area is 103 Å². The molecule has 0 spiro atoms. The molecule has 0 N–H and O–H groups in total. The smallest absolute Gasteiger partial charge is 0.0184 e. The van der Waals surface area contributed by atoms with Crippen LogP contribution in [-0.4, -0.2) is 0 Å². The summed E-state index contributed by atoms with van der Waals surface area (Å²) in [7, 11) is 0. The van der Waals surface area contributed by atoms with E-state index in [1.165, 1.54) is 16.3 Å². The molecule has 0 aliphatic carbocycles.